The monoisotopic (exact) mass is 249 g/mol. The van der Waals surface area contributed by atoms with Crippen molar-refractivity contribution in [3.63, 3.8) is 0 Å². The van der Waals surface area contributed by atoms with Crippen LogP contribution in [-0.4, -0.2) is 18.4 Å². The zero-order valence-electron chi connectivity index (χ0n) is 8.25. The Hall–Kier alpha value is -1.36. The largest absolute Gasteiger partial charge is 0.435 e. The maximum absolute atomic E-state index is 11.9. The smallest absolute Gasteiger partial charge is 0.387 e. The van der Waals surface area contributed by atoms with Gasteiger partial charge >= 0.3 is 6.61 Å². The summed E-state index contributed by atoms with van der Waals surface area (Å²) in [6, 6.07) is 6.10. The highest BCUT2D eigenvalue weighted by Crippen LogP contribution is 2.15. The molecule has 0 aromatic heterocycles. The van der Waals surface area contributed by atoms with E-state index < -0.39 is 6.61 Å². The number of hydrogen-bond donors (Lipinski definition) is 1. The third-order valence-corrected chi connectivity index (χ3v) is 1.98. The number of carbonyl (C=O) groups excluding carboxylic acids is 1. The van der Waals surface area contributed by atoms with Crippen molar-refractivity contribution in [1.82, 2.24) is 5.32 Å². The molecule has 0 bridgehead atoms. The maximum atomic E-state index is 11.9. The molecule has 6 heteroatoms. The fourth-order valence-corrected chi connectivity index (χ4v) is 1.17. The minimum atomic E-state index is -2.85. The minimum absolute atomic E-state index is 0.0626. The van der Waals surface area contributed by atoms with Gasteiger partial charge in [-0.2, -0.15) is 8.78 Å². The van der Waals surface area contributed by atoms with E-state index in [9.17, 15) is 13.6 Å². The number of amides is 1. The van der Waals surface area contributed by atoms with Crippen molar-refractivity contribution in [1.29, 1.82) is 0 Å². The molecule has 0 saturated heterocycles. The summed E-state index contributed by atoms with van der Waals surface area (Å²) in [5.41, 5.74) is 0.664. The third kappa shape index (κ3) is 4.44. The molecule has 1 aromatic rings. The maximum Gasteiger partial charge on any atom is 0.387 e. The predicted molar refractivity (Wildman–Crippen MR) is 55.6 cm³/mol. The van der Waals surface area contributed by atoms with E-state index in [2.05, 4.69) is 10.1 Å². The summed E-state index contributed by atoms with van der Waals surface area (Å²) in [5, 5.41) is 2.52. The molecule has 1 aromatic carbocycles. The molecule has 0 heterocycles. The van der Waals surface area contributed by atoms with Crippen molar-refractivity contribution in [2.75, 3.05) is 5.88 Å². The Morgan fingerprint density at radius 3 is 2.88 bits per heavy atom. The highest BCUT2D eigenvalue weighted by molar-refractivity contribution is 6.27. The van der Waals surface area contributed by atoms with Crippen LogP contribution in [0.4, 0.5) is 8.78 Å². The van der Waals surface area contributed by atoms with Crippen molar-refractivity contribution in [3.8, 4) is 5.75 Å². The fourth-order valence-electron chi connectivity index (χ4n) is 1.08. The second kappa shape index (κ2) is 6.27. The molecule has 0 unspecified atom stereocenters. The van der Waals surface area contributed by atoms with Gasteiger partial charge in [0, 0.05) is 6.54 Å². The Morgan fingerprint density at radius 1 is 1.50 bits per heavy atom. The first-order valence-corrected chi connectivity index (χ1v) is 5.01. The van der Waals surface area contributed by atoms with E-state index in [4.69, 9.17) is 11.6 Å². The van der Waals surface area contributed by atoms with Crippen molar-refractivity contribution in [2.24, 2.45) is 0 Å². The number of carbonyl (C=O) groups is 1. The summed E-state index contributed by atoms with van der Waals surface area (Å²) in [4.78, 5) is 10.9. The molecule has 0 spiro atoms. The fraction of sp³-hybridized carbons (Fsp3) is 0.300. The summed E-state index contributed by atoms with van der Waals surface area (Å²) < 4.78 is 28.0. The Kier molecular flexibility index (Phi) is 4.98. The highest BCUT2D eigenvalue weighted by atomic mass is 35.5. The lowest BCUT2D eigenvalue weighted by atomic mass is 10.2. The molecule has 0 aliphatic heterocycles. The molecule has 0 fully saturated rings. The summed E-state index contributed by atoms with van der Waals surface area (Å²) in [5.74, 6) is -0.387. The van der Waals surface area contributed by atoms with Crippen molar-refractivity contribution in [2.45, 2.75) is 13.2 Å². The number of alkyl halides is 3. The van der Waals surface area contributed by atoms with E-state index in [0.29, 0.717) is 5.56 Å². The van der Waals surface area contributed by atoms with Gasteiger partial charge in [-0.3, -0.25) is 4.79 Å². The molecule has 0 saturated carbocycles. The summed E-state index contributed by atoms with van der Waals surface area (Å²) in [7, 11) is 0. The number of rotatable bonds is 5. The van der Waals surface area contributed by atoms with Gasteiger partial charge in [-0.05, 0) is 17.7 Å². The van der Waals surface area contributed by atoms with Crippen LogP contribution in [0.1, 0.15) is 5.56 Å². The Labute approximate surface area is 96.4 Å². The first kappa shape index (κ1) is 12.7. The molecule has 1 rings (SSSR count). The van der Waals surface area contributed by atoms with Crippen molar-refractivity contribution >= 4 is 17.5 Å². The molecule has 1 amide bonds. The van der Waals surface area contributed by atoms with Gasteiger partial charge in [-0.15, -0.1) is 11.6 Å². The van der Waals surface area contributed by atoms with Gasteiger partial charge in [0.05, 0.1) is 0 Å². The standard InChI is InChI=1S/C10H10ClF2NO2/c11-5-9(15)14-6-7-2-1-3-8(4-7)16-10(12)13/h1-4,10H,5-6H2,(H,14,15). The van der Waals surface area contributed by atoms with E-state index in [-0.39, 0.29) is 24.1 Å². The van der Waals surface area contributed by atoms with Gasteiger partial charge in [0.1, 0.15) is 11.6 Å². The second-order valence-electron chi connectivity index (χ2n) is 2.94. The van der Waals surface area contributed by atoms with Crippen LogP contribution < -0.4 is 10.1 Å². The van der Waals surface area contributed by atoms with Crippen LogP contribution in [0.25, 0.3) is 0 Å². The molecular formula is C10H10ClF2NO2. The van der Waals surface area contributed by atoms with Crippen LogP contribution in [0.5, 0.6) is 5.75 Å². The Morgan fingerprint density at radius 2 is 2.25 bits per heavy atom. The molecule has 0 aliphatic carbocycles. The van der Waals surface area contributed by atoms with Crippen molar-refractivity contribution in [3.05, 3.63) is 29.8 Å². The van der Waals surface area contributed by atoms with Gasteiger partial charge in [-0.1, -0.05) is 12.1 Å². The van der Waals surface area contributed by atoms with E-state index >= 15 is 0 Å². The number of benzene rings is 1. The summed E-state index contributed by atoms with van der Waals surface area (Å²) >= 11 is 5.28. The first-order valence-electron chi connectivity index (χ1n) is 4.48. The number of hydrogen-bond acceptors (Lipinski definition) is 2. The SMILES string of the molecule is O=C(CCl)NCc1cccc(OC(F)F)c1. The average Bonchev–Trinajstić information content (AvgIpc) is 2.25. The summed E-state index contributed by atoms with van der Waals surface area (Å²) in [6.07, 6.45) is 0. The topological polar surface area (TPSA) is 38.3 Å². The van der Waals surface area contributed by atoms with Crippen LogP contribution >= 0.6 is 11.6 Å². The zero-order valence-corrected chi connectivity index (χ0v) is 9.01. The highest BCUT2D eigenvalue weighted by Gasteiger charge is 2.05. The average molecular weight is 250 g/mol. The molecule has 3 nitrogen and oxygen atoms in total. The van der Waals surface area contributed by atoms with Gasteiger partial charge in [0.2, 0.25) is 5.91 Å². The third-order valence-electron chi connectivity index (χ3n) is 1.73. The van der Waals surface area contributed by atoms with Gasteiger partial charge in [0.15, 0.2) is 0 Å². The predicted octanol–water partition coefficient (Wildman–Crippen LogP) is 2.14. The van der Waals surface area contributed by atoms with Gasteiger partial charge < -0.3 is 10.1 Å². The Balaban J connectivity index is 2.56. The van der Waals surface area contributed by atoms with Crippen LogP contribution in [0.15, 0.2) is 24.3 Å². The normalized spacial score (nSPS) is 10.2. The van der Waals surface area contributed by atoms with E-state index in [1.165, 1.54) is 12.1 Å². The van der Waals surface area contributed by atoms with Crippen LogP contribution in [0.3, 0.4) is 0 Å². The molecule has 0 aliphatic rings. The molecule has 88 valence electrons. The van der Waals surface area contributed by atoms with Crippen LogP contribution in [-0.2, 0) is 11.3 Å². The van der Waals surface area contributed by atoms with E-state index in [1.807, 2.05) is 0 Å². The molecule has 16 heavy (non-hydrogen) atoms. The number of nitrogens with one attached hydrogen (secondary N) is 1. The molecule has 0 radical (unpaired) electrons. The Bertz CT molecular complexity index is 360. The van der Waals surface area contributed by atoms with Crippen LogP contribution in [0, 0.1) is 0 Å². The first-order chi connectivity index (χ1) is 7.61. The molecule has 0 atom stereocenters. The van der Waals surface area contributed by atoms with Crippen LogP contribution in [0.2, 0.25) is 0 Å². The second-order valence-corrected chi connectivity index (χ2v) is 3.20. The lowest BCUT2D eigenvalue weighted by Gasteiger charge is -2.07. The summed E-state index contributed by atoms with van der Waals surface area (Å²) in [6.45, 7) is -2.63. The number of halogens is 3. The quantitative estimate of drug-likeness (QED) is 0.812. The van der Waals surface area contributed by atoms with Crippen molar-refractivity contribution < 1.29 is 18.3 Å². The van der Waals surface area contributed by atoms with E-state index in [0.717, 1.165) is 0 Å². The number of ether oxygens (including phenoxy) is 1. The zero-order chi connectivity index (χ0) is 12.0. The molecule has 1 N–H and O–H groups in total. The lowest BCUT2D eigenvalue weighted by molar-refractivity contribution is -0.118. The van der Waals surface area contributed by atoms with E-state index in [1.54, 1.807) is 12.1 Å². The van der Waals surface area contributed by atoms with Gasteiger partial charge in [-0.25, -0.2) is 0 Å². The lowest BCUT2D eigenvalue weighted by Crippen LogP contribution is -2.23. The van der Waals surface area contributed by atoms with Gasteiger partial charge in [0.25, 0.3) is 0 Å². The molecular weight excluding hydrogens is 240 g/mol. The minimum Gasteiger partial charge on any atom is -0.435 e.